The molecule has 0 aromatic heterocycles. The molecule has 2 amide bonds. The summed E-state index contributed by atoms with van der Waals surface area (Å²) in [7, 11) is 0. The normalized spacial score (nSPS) is 12.6. The fourth-order valence-corrected chi connectivity index (χ4v) is 1.30. The lowest BCUT2D eigenvalue weighted by Crippen LogP contribution is -2.44. The third-order valence-electron chi connectivity index (χ3n) is 2.45. The van der Waals surface area contributed by atoms with Crippen molar-refractivity contribution in [3.63, 3.8) is 0 Å². The van der Waals surface area contributed by atoms with Crippen molar-refractivity contribution < 1.29 is 27.9 Å². The summed E-state index contributed by atoms with van der Waals surface area (Å²) >= 11 is 0. The van der Waals surface area contributed by atoms with Gasteiger partial charge < -0.3 is 15.7 Å². The quantitative estimate of drug-likeness (QED) is 0.793. The zero-order valence-corrected chi connectivity index (χ0v) is 10.5. The Morgan fingerprint density at radius 3 is 2.25 bits per heavy atom. The third-order valence-corrected chi connectivity index (χ3v) is 2.45. The van der Waals surface area contributed by atoms with Crippen molar-refractivity contribution in [1.82, 2.24) is 10.6 Å². The van der Waals surface area contributed by atoms with E-state index in [4.69, 9.17) is 5.11 Å². The van der Waals surface area contributed by atoms with E-state index in [2.05, 4.69) is 10.6 Å². The Hall–Kier alpha value is -2.25. The molecule has 0 fully saturated rings. The summed E-state index contributed by atoms with van der Waals surface area (Å²) in [5.41, 5.74) is -0.304. The first-order chi connectivity index (χ1) is 9.20. The molecule has 110 valence electrons. The van der Waals surface area contributed by atoms with Gasteiger partial charge in [0.1, 0.15) is 6.04 Å². The Balaban J connectivity index is 2.50. The highest BCUT2D eigenvalue weighted by Crippen LogP contribution is 2.28. The number of carbonyl (C=O) groups is 2. The number of halogens is 3. The van der Waals surface area contributed by atoms with Crippen LogP contribution in [-0.4, -0.2) is 23.1 Å². The number of carboxylic acid groups (broad SMARTS) is 1. The highest BCUT2D eigenvalue weighted by molar-refractivity contribution is 5.82. The number of hydrogen-bond acceptors (Lipinski definition) is 2. The van der Waals surface area contributed by atoms with E-state index in [0.717, 1.165) is 12.1 Å². The Labute approximate surface area is 112 Å². The minimum atomic E-state index is -4.40. The zero-order chi connectivity index (χ0) is 15.3. The van der Waals surface area contributed by atoms with Gasteiger partial charge in [0.25, 0.3) is 0 Å². The van der Waals surface area contributed by atoms with Gasteiger partial charge in [0.15, 0.2) is 0 Å². The van der Waals surface area contributed by atoms with E-state index in [-0.39, 0.29) is 6.54 Å². The molecule has 1 aromatic rings. The minimum Gasteiger partial charge on any atom is -0.480 e. The highest BCUT2D eigenvalue weighted by Gasteiger charge is 2.29. The van der Waals surface area contributed by atoms with Crippen LogP contribution in [0.2, 0.25) is 0 Å². The molecule has 0 radical (unpaired) electrons. The Bertz CT molecular complexity index is 486. The number of benzene rings is 1. The molecule has 0 spiro atoms. The summed E-state index contributed by atoms with van der Waals surface area (Å²) in [6.45, 7) is 1.29. The first-order valence-corrected chi connectivity index (χ1v) is 5.63. The number of carboxylic acids is 1. The van der Waals surface area contributed by atoms with Crippen LogP contribution < -0.4 is 10.6 Å². The average molecular weight is 290 g/mol. The van der Waals surface area contributed by atoms with E-state index < -0.39 is 29.8 Å². The standard InChI is InChI=1S/C12H13F3N2O3/c1-7(10(18)19)17-11(20)16-6-8-2-4-9(5-3-8)12(13,14)15/h2-5,7H,6H2,1H3,(H,18,19)(H2,16,17,20)/t7-/m0/s1. The maximum atomic E-state index is 12.3. The summed E-state index contributed by atoms with van der Waals surface area (Å²) in [4.78, 5) is 21.8. The largest absolute Gasteiger partial charge is 0.480 e. The van der Waals surface area contributed by atoms with Crippen molar-refractivity contribution in [3.8, 4) is 0 Å². The monoisotopic (exact) mass is 290 g/mol. The second-order valence-corrected chi connectivity index (χ2v) is 4.08. The van der Waals surface area contributed by atoms with E-state index >= 15 is 0 Å². The molecule has 1 rings (SSSR count). The first kappa shape index (κ1) is 15.8. The lowest BCUT2D eigenvalue weighted by atomic mass is 10.1. The molecule has 1 atom stereocenters. The van der Waals surface area contributed by atoms with Crippen LogP contribution in [0.25, 0.3) is 0 Å². The van der Waals surface area contributed by atoms with Gasteiger partial charge in [0.2, 0.25) is 0 Å². The van der Waals surface area contributed by atoms with Crippen LogP contribution in [-0.2, 0) is 17.5 Å². The Kier molecular flexibility index (Phi) is 4.95. The van der Waals surface area contributed by atoms with Crippen LogP contribution in [0.3, 0.4) is 0 Å². The van der Waals surface area contributed by atoms with E-state index in [1.807, 2.05) is 0 Å². The van der Waals surface area contributed by atoms with E-state index in [0.29, 0.717) is 5.56 Å². The van der Waals surface area contributed by atoms with Gasteiger partial charge in [0, 0.05) is 6.54 Å². The maximum absolute atomic E-state index is 12.3. The topological polar surface area (TPSA) is 78.4 Å². The zero-order valence-electron chi connectivity index (χ0n) is 10.5. The Morgan fingerprint density at radius 2 is 1.80 bits per heavy atom. The lowest BCUT2D eigenvalue weighted by Gasteiger charge is -2.11. The fourth-order valence-electron chi connectivity index (χ4n) is 1.30. The number of hydrogen-bond donors (Lipinski definition) is 3. The lowest BCUT2D eigenvalue weighted by molar-refractivity contribution is -0.139. The van der Waals surface area contributed by atoms with Crippen LogP contribution in [0.5, 0.6) is 0 Å². The predicted octanol–water partition coefficient (Wildman–Crippen LogP) is 1.98. The van der Waals surface area contributed by atoms with Crippen LogP contribution >= 0.6 is 0 Å². The van der Waals surface area contributed by atoms with Crippen molar-refractivity contribution in [2.24, 2.45) is 0 Å². The number of rotatable bonds is 4. The van der Waals surface area contributed by atoms with Crippen molar-refractivity contribution in [2.75, 3.05) is 0 Å². The second-order valence-electron chi connectivity index (χ2n) is 4.08. The molecule has 3 N–H and O–H groups in total. The van der Waals surface area contributed by atoms with Crippen LogP contribution in [0.1, 0.15) is 18.1 Å². The first-order valence-electron chi connectivity index (χ1n) is 5.63. The van der Waals surface area contributed by atoms with Gasteiger partial charge in [-0.2, -0.15) is 13.2 Å². The highest BCUT2D eigenvalue weighted by atomic mass is 19.4. The van der Waals surface area contributed by atoms with Crippen LogP contribution in [0.4, 0.5) is 18.0 Å². The van der Waals surface area contributed by atoms with E-state index in [1.54, 1.807) is 0 Å². The maximum Gasteiger partial charge on any atom is 0.416 e. The average Bonchev–Trinajstić information content (AvgIpc) is 2.35. The van der Waals surface area contributed by atoms with Gasteiger partial charge in [-0.25, -0.2) is 4.79 Å². The summed E-state index contributed by atoms with van der Waals surface area (Å²) in [6.07, 6.45) is -4.40. The molecule has 0 bridgehead atoms. The van der Waals surface area contributed by atoms with Gasteiger partial charge in [-0.3, -0.25) is 4.79 Å². The van der Waals surface area contributed by atoms with Crippen LogP contribution in [0, 0.1) is 0 Å². The van der Waals surface area contributed by atoms with Gasteiger partial charge in [-0.05, 0) is 24.6 Å². The SMILES string of the molecule is C[C@H](NC(=O)NCc1ccc(C(F)(F)F)cc1)C(=O)O. The van der Waals surface area contributed by atoms with Crippen molar-refractivity contribution in [2.45, 2.75) is 25.7 Å². The van der Waals surface area contributed by atoms with Gasteiger partial charge in [0.05, 0.1) is 5.56 Å². The van der Waals surface area contributed by atoms with Gasteiger partial charge in [-0.15, -0.1) is 0 Å². The molecule has 5 nitrogen and oxygen atoms in total. The third kappa shape index (κ3) is 4.79. The number of amides is 2. The number of aliphatic carboxylic acids is 1. The molecule has 0 heterocycles. The summed E-state index contributed by atoms with van der Waals surface area (Å²) in [6, 6.07) is 2.54. The minimum absolute atomic E-state index is 0.00366. The van der Waals surface area contributed by atoms with Gasteiger partial charge >= 0.3 is 18.2 Å². The molecule has 8 heteroatoms. The molecule has 0 aliphatic heterocycles. The second kappa shape index (κ2) is 6.27. The van der Waals surface area contributed by atoms with Crippen molar-refractivity contribution >= 4 is 12.0 Å². The molecule has 0 unspecified atom stereocenters. The molecular formula is C12H13F3N2O3. The van der Waals surface area contributed by atoms with Crippen molar-refractivity contribution in [1.29, 1.82) is 0 Å². The molecule has 0 saturated carbocycles. The molecule has 0 saturated heterocycles. The van der Waals surface area contributed by atoms with Crippen LogP contribution in [0.15, 0.2) is 24.3 Å². The van der Waals surface area contributed by atoms with Gasteiger partial charge in [-0.1, -0.05) is 12.1 Å². The summed E-state index contributed by atoms with van der Waals surface area (Å²) < 4.78 is 37.0. The number of urea groups is 1. The molecule has 0 aliphatic carbocycles. The molecule has 1 aromatic carbocycles. The summed E-state index contributed by atoms with van der Waals surface area (Å²) in [5, 5.41) is 13.1. The van der Waals surface area contributed by atoms with E-state index in [9.17, 15) is 22.8 Å². The van der Waals surface area contributed by atoms with E-state index in [1.165, 1.54) is 19.1 Å². The molecule has 20 heavy (non-hydrogen) atoms. The fraction of sp³-hybridized carbons (Fsp3) is 0.333. The van der Waals surface area contributed by atoms with Crippen molar-refractivity contribution in [3.05, 3.63) is 35.4 Å². The number of carbonyl (C=O) groups excluding carboxylic acids is 1. The molecular weight excluding hydrogens is 277 g/mol. The Morgan fingerprint density at radius 1 is 1.25 bits per heavy atom. The number of alkyl halides is 3. The molecule has 0 aliphatic rings. The number of nitrogens with one attached hydrogen (secondary N) is 2. The predicted molar refractivity (Wildman–Crippen MR) is 63.9 cm³/mol. The summed E-state index contributed by atoms with van der Waals surface area (Å²) in [5.74, 6) is -1.19. The smallest absolute Gasteiger partial charge is 0.416 e.